The van der Waals surface area contributed by atoms with E-state index < -0.39 is 0 Å². The summed E-state index contributed by atoms with van der Waals surface area (Å²) in [5.74, 6) is 0. The summed E-state index contributed by atoms with van der Waals surface area (Å²) in [4.78, 5) is 19.7. The molecule has 3 heterocycles. The molecule has 24 heavy (non-hydrogen) atoms. The number of fused-ring (bicyclic) bond motifs is 1. The van der Waals surface area contributed by atoms with E-state index in [0.717, 1.165) is 22.6 Å². The second-order valence-electron chi connectivity index (χ2n) is 6.26. The van der Waals surface area contributed by atoms with Crippen LogP contribution >= 0.6 is 11.3 Å². The van der Waals surface area contributed by atoms with Gasteiger partial charge in [0.2, 0.25) is 0 Å². The largest absolute Gasteiger partial charge is 0.297 e. The number of hydrogen-bond donors (Lipinski definition) is 0. The molecule has 0 amide bonds. The SMILES string of the molecule is O=c1c2ccccc2cnn1Cc1nc(CN2CCCCC2)cs1. The van der Waals surface area contributed by atoms with Gasteiger partial charge in [-0.05, 0) is 32.0 Å². The highest BCUT2D eigenvalue weighted by atomic mass is 32.1. The van der Waals surface area contributed by atoms with Crippen LogP contribution in [0.15, 0.2) is 40.6 Å². The van der Waals surface area contributed by atoms with Gasteiger partial charge in [-0.15, -0.1) is 11.3 Å². The Labute approximate surface area is 144 Å². The maximum absolute atomic E-state index is 12.5. The summed E-state index contributed by atoms with van der Waals surface area (Å²) < 4.78 is 1.51. The van der Waals surface area contributed by atoms with Crippen LogP contribution in [0.3, 0.4) is 0 Å². The molecule has 1 fully saturated rings. The van der Waals surface area contributed by atoms with Crippen LogP contribution in [0.5, 0.6) is 0 Å². The zero-order valence-corrected chi connectivity index (χ0v) is 14.3. The standard InChI is InChI=1S/C18H20N4OS/c23-18-16-7-3-2-6-14(16)10-19-22(18)12-17-20-15(13-24-17)11-21-8-4-1-5-9-21/h2-3,6-7,10,13H,1,4-5,8-9,11-12H2. The molecule has 0 N–H and O–H groups in total. The van der Waals surface area contributed by atoms with Gasteiger partial charge < -0.3 is 0 Å². The van der Waals surface area contributed by atoms with E-state index in [9.17, 15) is 4.79 Å². The van der Waals surface area contributed by atoms with Crippen LogP contribution in [0.2, 0.25) is 0 Å². The molecule has 1 aromatic carbocycles. The number of thiazole rings is 1. The molecule has 6 heteroatoms. The quantitative estimate of drug-likeness (QED) is 0.733. The first-order valence-corrected chi connectivity index (χ1v) is 9.28. The Morgan fingerprint density at radius 3 is 2.79 bits per heavy atom. The molecule has 4 rings (SSSR count). The minimum absolute atomic E-state index is 0.0547. The van der Waals surface area contributed by atoms with Crippen molar-refractivity contribution in [2.45, 2.75) is 32.4 Å². The lowest BCUT2D eigenvalue weighted by molar-refractivity contribution is 0.219. The van der Waals surface area contributed by atoms with Crippen LogP contribution in [0, 0.1) is 0 Å². The normalized spacial score (nSPS) is 15.8. The molecule has 1 aliphatic heterocycles. The Bertz CT molecular complexity index is 895. The molecule has 2 aromatic heterocycles. The molecule has 1 saturated heterocycles. The zero-order valence-electron chi connectivity index (χ0n) is 13.5. The summed E-state index contributed by atoms with van der Waals surface area (Å²) in [7, 11) is 0. The second-order valence-corrected chi connectivity index (χ2v) is 7.21. The van der Waals surface area contributed by atoms with Gasteiger partial charge in [0.05, 0.1) is 23.8 Å². The van der Waals surface area contributed by atoms with Crippen molar-refractivity contribution in [1.82, 2.24) is 19.7 Å². The summed E-state index contributed by atoms with van der Waals surface area (Å²) in [6.45, 7) is 3.68. The Balaban J connectivity index is 1.51. The van der Waals surface area contributed by atoms with Crippen molar-refractivity contribution in [3.63, 3.8) is 0 Å². The van der Waals surface area contributed by atoms with Crippen LogP contribution < -0.4 is 5.56 Å². The molecule has 0 atom stereocenters. The van der Waals surface area contributed by atoms with Gasteiger partial charge in [-0.3, -0.25) is 9.69 Å². The molecule has 0 radical (unpaired) electrons. The highest BCUT2D eigenvalue weighted by Gasteiger charge is 2.13. The van der Waals surface area contributed by atoms with Crippen molar-refractivity contribution in [3.05, 3.63) is 56.9 Å². The summed E-state index contributed by atoms with van der Waals surface area (Å²) in [6.07, 6.45) is 5.66. The lowest BCUT2D eigenvalue weighted by atomic mass is 10.1. The van der Waals surface area contributed by atoms with Crippen molar-refractivity contribution in [3.8, 4) is 0 Å². The maximum Gasteiger partial charge on any atom is 0.275 e. The summed E-state index contributed by atoms with van der Waals surface area (Å²) in [6, 6.07) is 7.56. The van der Waals surface area contributed by atoms with E-state index in [0.29, 0.717) is 11.9 Å². The van der Waals surface area contributed by atoms with Gasteiger partial charge in [-0.25, -0.2) is 9.67 Å². The van der Waals surface area contributed by atoms with Crippen LogP contribution in [0.4, 0.5) is 0 Å². The summed E-state index contributed by atoms with van der Waals surface area (Å²) in [5.41, 5.74) is 1.05. The molecule has 124 valence electrons. The van der Waals surface area contributed by atoms with E-state index in [1.54, 1.807) is 17.5 Å². The van der Waals surface area contributed by atoms with E-state index in [4.69, 9.17) is 4.98 Å². The smallest absolute Gasteiger partial charge is 0.275 e. The van der Waals surface area contributed by atoms with E-state index in [2.05, 4.69) is 15.4 Å². The van der Waals surface area contributed by atoms with E-state index >= 15 is 0 Å². The van der Waals surface area contributed by atoms with Crippen LogP contribution in [0.25, 0.3) is 10.8 Å². The molecular weight excluding hydrogens is 320 g/mol. The van der Waals surface area contributed by atoms with Gasteiger partial charge in [0.15, 0.2) is 0 Å². The lowest BCUT2D eigenvalue weighted by Crippen LogP contribution is -2.29. The Hall–Kier alpha value is -2.05. The third-order valence-corrected chi connectivity index (χ3v) is 5.36. The molecule has 0 unspecified atom stereocenters. The average molecular weight is 340 g/mol. The monoisotopic (exact) mass is 340 g/mol. The molecule has 0 saturated carbocycles. The van der Waals surface area contributed by atoms with Gasteiger partial charge in [0.1, 0.15) is 5.01 Å². The Morgan fingerprint density at radius 1 is 1.08 bits per heavy atom. The van der Waals surface area contributed by atoms with Crippen molar-refractivity contribution < 1.29 is 0 Å². The predicted molar refractivity (Wildman–Crippen MR) is 96.3 cm³/mol. The van der Waals surface area contributed by atoms with E-state index in [1.807, 2.05) is 24.3 Å². The number of rotatable bonds is 4. The fourth-order valence-corrected chi connectivity index (χ4v) is 3.98. The number of nitrogens with zero attached hydrogens (tertiary/aromatic N) is 4. The van der Waals surface area contributed by atoms with Crippen molar-refractivity contribution in [1.29, 1.82) is 0 Å². The predicted octanol–water partition coefficient (Wildman–Crippen LogP) is 2.89. The minimum atomic E-state index is -0.0547. The van der Waals surface area contributed by atoms with Crippen molar-refractivity contribution in [2.24, 2.45) is 0 Å². The van der Waals surface area contributed by atoms with Gasteiger partial charge in [-0.2, -0.15) is 5.10 Å². The van der Waals surface area contributed by atoms with Gasteiger partial charge in [0, 0.05) is 17.3 Å². The van der Waals surface area contributed by atoms with Crippen LogP contribution in [0.1, 0.15) is 30.0 Å². The van der Waals surface area contributed by atoms with Gasteiger partial charge in [-0.1, -0.05) is 24.6 Å². The minimum Gasteiger partial charge on any atom is -0.297 e. The fourth-order valence-electron chi connectivity index (χ4n) is 3.21. The molecule has 1 aliphatic rings. The maximum atomic E-state index is 12.5. The Morgan fingerprint density at radius 2 is 1.92 bits per heavy atom. The van der Waals surface area contributed by atoms with Crippen LogP contribution in [-0.2, 0) is 13.1 Å². The third kappa shape index (κ3) is 3.25. The summed E-state index contributed by atoms with van der Waals surface area (Å²) >= 11 is 1.61. The number of hydrogen-bond acceptors (Lipinski definition) is 5. The number of piperidine rings is 1. The lowest BCUT2D eigenvalue weighted by Gasteiger charge is -2.25. The molecule has 0 aliphatic carbocycles. The van der Waals surface area contributed by atoms with Crippen molar-refractivity contribution in [2.75, 3.05) is 13.1 Å². The molecule has 0 spiro atoms. The Kier molecular flexibility index (Phi) is 4.40. The molecule has 0 bridgehead atoms. The highest BCUT2D eigenvalue weighted by Crippen LogP contribution is 2.16. The first-order valence-electron chi connectivity index (χ1n) is 8.40. The van der Waals surface area contributed by atoms with Gasteiger partial charge in [0.25, 0.3) is 5.56 Å². The van der Waals surface area contributed by atoms with E-state index in [-0.39, 0.29) is 5.56 Å². The van der Waals surface area contributed by atoms with Gasteiger partial charge >= 0.3 is 0 Å². The average Bonchev–Trinajstić information content (AvgIpc) is 3.05. The third-order valence-electron chi connectivity index (χ3n) is 4.48. The topological polar surface area (TPSA) is 51.0 Å². The first-order chi connectivity index (χ1) is 11.8. The first kappa shape index (κ1) is 15.5. The number of aromatic nitrogens is 3. The number of benzene rings is 1. The van der Waals surface area contributed by atoms with Crippen LogP contribution in [-0.4, -0.2) is 32.8 Å². The molecular formula is C18H20N4OS. The molecule has 5 nitrogen and oxygen atoms in total. The van der Waals surface area contributed by atoms with Crippen molar-refractivity contribution >= 4 is 22.1 Å². The highest BCUT2D eigenvalue weighted by molar-refractivity contribution is 7.09. The second kappa shape index (κ2) is 6.83. The fraction of sp³-hybridized carbons (Fsp3) is 0.389. The number of likely N-dealkylation sites (tertiary alicyclic amines) is 1. The van der Waals surface area contributed by atoms with E-state index in [1.165, 1.54) is 37.0 Å². The summed E-state index contributed by atoms with van der Waals surface area (Å²) in [5, 5.41) is 8.92. The molecule has 3 aromatic rings. The zero-order chi connectivity index (χ0) is 16.4.